The van der Waals surface area contributed by atoms with Crippen LogP contribution in [0.4, 0.5) is 8.78 Å². The quantitative estimate of drug-likeness (QED) is 0.755. The summed E-state index contributed by atoms with van der Waals surface area (Å²) in [4.78, 5) is 0. The predicted octanol–water partition coefficient (Wildman–Crippen LogP) is 0.517. The van der Waals surface area contributed by atoms with Gasteiger partial charge in [-0.25, -0.2) is 13.1 Å². The van der Waals surface area contributed by atoms with Gasteiger partial charge in [0, 0.05) is 6.04 Å². The molecule has 0 bridgehead atoms. The molecule has 0 amide bonds. The number of hydrogen-bond acceptors (Lipinski definition) is 3. The van der Waals surface area contributed by atoms with Gasteiger partial charge in [0.05, 0.1) is 0 Å². The number of rotatable bonds is 4. The van der Waals surface area contributed by atoms with E-state index in [2.05, 4.69) is 5.32 Å². The van der Waals surface area contributed by atoms with E-state index in [0.29, 0.717) is 6.54 Å². The molecule has 90 valence electrons. The van der Waals surface area contributed by atoms with Gasteiger partial charge in [-0.3, -0.25) is 0 Å². The van der Waals surface area contributed by atoms with E-state index in [4.69, 9.17) is 0 Å². The van der Waals surface area contributed by atoms with Gasteiger partial charge in [0.1, 0.15) is 0 Å². The second-order valence-corrected chi connectivity index (χ2v) is 5.50. The van der Waals surface area contributed by atoms with Crippen molar-refractivity contribution in [2.45, 2.75) is 31.6 Å². The summed E-state index contributed by atoms with van der Waals surface area (Å²) >= 11 is 0. The first-order valence-electron chi connectivity index (χ1n) is 4.93. The van der Waals surface area contributed by atoms with Crippen molar-refractivity contribution >= 4 is 10.0 Å². The largest absolute Gasteiger partial charge is 0.350 e. The van der Waals surface area contributed by atoms with E-state index >= 15 is 0 Å². The molecular formula is C8H16F2N2O2S. The fourth-order valence-electron chi connectivity index (χ4n) is 1.71. The second-order valence-electron chi connectivity index (χ2n) is 3.82. The molecule has 1 rings (SSSR count). The number of alkyl halides is 2. The molecule has 1 heterocycles. The maximum atomic E-state index is 12.1. The molecule has 1 aliphatic rings. The summed E-state index contributed by atoms with van der Waals surface area (Å²) in [5.74, 6) is -3.26. The first-order valence-corrected chi connectivity index (χ1v) is 6.48. The van der Waals surface area contributed by atoms with Crippen molar-refractivity contribution < 1.29 is 17.2 Å². The fourth-order valence-corrected chi connectivity index (χ4v) is 2.53. The van der Waals surface area contributed by atoms with Crippen molar-refractivity contribution in [1.29, 1.82) is 0 Å². The van der Waals surface area contributed by atoms with Crippen LogP contribution in [0.15, 0.2) is 0 Å². The van der Waals surface area contributed by atoms with E-state index in [1.807, 2.05) is 4.72 Å². The van der Waals surface area contributed by atoms with E-state index in [9.17, 15) is 17.2 Å². The van der Waals surface area contributed by atoms with Crippen molar-refractivity contribution in [3.63, 3.8) is 0 Å². The summed E-state index contributed by atoms with van der Waals surface area (Å²) in [5, 5.41) is 3.11. The minimum Gasteiger partial charge on any atom is -0.316 e. The molecule has 0 saturated carbocycles. The third kappa shape index (κ3) is 3.66. The highest BCUT2D eigenvalue weighted by molar-refractivity contribution is 7.89. The Morgan fingerprint density at radius 3 is 2.60 bits per heavy atom. The van der Waals surface area contributed by atoms with Crippen molar-refractivity contribution in [3.05, 3.63) is 0 Å². The van der Waals surface area contributed by atoms with Crippen molar-refractivity contribution in [2.75, 3.05) is 13.1 Å². The SMILES string of the molecule is CC(NS(=O)(=O)C(F)F)C1CCCNC1. The zero-order valence-electron chi connectivity index (χ0n) is 8.54. The van der Waals surface area contributed by atoms with Crippen LogP contribution in [0.3, 0.4) is 0 Å². The molecular weight excluding hydrogens is 226 g/mol. The van der Waals surface area contributed by atoms with Crippen LogP contribution in [0.25, 0.3) is 0 Å². The molecule has 1 aliphatic heterocycles. The first kappa shape index (κ1) is 12.8. The van der Waals surface area contributed by atoms with Crippen LogP contribution in [0.2, 0.25) is 0 Å². The number of piperidine rings is 1. The molecule has 0 aromatic heterocycles. The molecule has 2 atom stereocenters. The Morgan fingerprint density at radius 2 is 2.13 bits per heavy atom. The highest BCUT2D eigenvalue weighted by Crippen LogP contribution is 2.16. The summed E-state index contributed by atoms with van der Waals surface area (Å²) in [6.07, 6.45) is 1.81. The van der Waals surface area contributed by atoms with Crippen LogP contribution in [-0.4, -0.2) is 33.3 Å². The van der Waals surface area contributed by atoms with E-state index in [-0.39, 0.29) is 5.92 Å². The van der Waals surface area contributed by atoms with E-state index in [0.717, 1.165) is 19.4 Å². The Kier molecular flexibility index (Phi) is 4.42. The number of hydrogen-bond donors (Lipinski definition) is 2. The molecule has 0 aromatic carbocycles. The summed E-state index contributed by atoms with van der Waals surface area (Å²) in [5.41, 5.74) is 0. The fraction of sp³-hybridized carbons (Fsp3) is 1.00. The topological polar surface area (TPSA) is 58.2 Å². The highest BCUT2D eigenvalue weighted by atomic mass is 32.2. The van der Waals surface area contributed by atoms with Crippen molar-refractivity contribution in [3.8, 4) is 0 Å². The Labute approximate surface area is 88.5 Å². The molecule has 0 spiro atoms. The standard InChI is InChI=1S/C8H16F2N2O2S/c1-6(7-3-2-4-11-5-7)12-15(13,14)8(9)10/h6-8,11-12H,2-5H2,1H3. The highest BCUT2D eigenvalue weighted by Gasteiger charge is 2.29. The number of halogens is 2. The van der Waals surface area contributed by atoms with Crippen LogP contribution >= 0.6 is 0 Å². The van der Waals surface area contributed by atoms with Gasteiger partial charge in [-0.1, -0.05) is 0 Å². The zero-order valence-corrected chi connectivity index (χ0v) is 9.36. The van der Waals surface area contributed by atoms with Gasteiger partial charge in [0.2, 0.25) is 0 Å². The molecule has 0 aromatic rings. The predicted molar refractivity (Wildman–Crippen MR) is 53.1 cm³/mol. The number of nitrogens with one attached hydrogen (secondary N) is 2. The smallest absolute Gasteiger partial charge is 0.316 e. The maximum absolute atomic E-state index is 12.1. The monoisotopic (exact) mass is 242 g/mol. The Balaban J connectivity index is 2.50. The summed E-state index contributed by atoms with van der Waals surface area (Å²) in [7, 11) is -4.46. The van der Waals surface area contributed by atoms with Gasteiger partial charge < -0.3 is 5.32 Å². The average molecular weight is 242 g/mol. The normalized spacial score (nSPS) is 25.5. The lowest BCUT2D eigenvalue weighted by atomic mass is 9.94. The van der Waals surface area contributed by atoms with Gasteiger partial charge in [-0.05, 0) is 38.8 Å². The van der Waals surface area contributed by atoms with Crippen LogP contribution in [0.5, 0.6) is 0 Å². The van der Waals surface area contributed by atoms with Gasteiger partial charge in [-0.2, -0.15) is 8.78 Å². The third-order valence-corrected chi connectivity index (χ3v) is 3.80. The van der Waals surface area contributed by atoms with Crippen LogP contribution in [0.1, 0.15) is 19.8 Å². The van der Waals surface area contributed by atoms with E-state index < -0.39 is 21.8 Å². The molecule has 4 nitrogen and oxygen atoms in total. The van der Waals surface area contributed by atoms with E-state index in [1.165, 1.54) is 0 Å². The molecule has 1 fully saturated rings. The minimum absolute atomic E-state index is 0.0901. The zero-order chi connectivity index (χ0) is 11.5. The van der Waals surface area contributed by atoms with Crippen molar-refractivity contribution in [2.24, 2.45) is 5.92 Å². The van der Waals surface area contributed by atoms with Gasteiger partial charge in [0.25, 0.3) is 10.0 Å². The third-order valence-electron chi connectivity index (χ3n) is 2.63. The molecule has 0 radical (unpaired) electrons. The number of sulfonamides is 1. The Morgan fingerprint density at radius 1 is 1.47 bits per heavy atom. The molecule has 7 heteroatoms. The molecule has 1 saturated heterocycles. The first-order chi connectivity index (χ1) is 6.93. The maximum Gasteiger partial charge on any atom is 0.350 e. The van der Waals surface area contributed by atoms with Crippen molar-refractivity contribution in [1.82, 2.24) is 10.0 Å². The van der Waals surface area contributed by atoms with Crippen LogP contribution in [-0.2, 0) is 10.0 Å². The lowest BCUT2D eigenvalue weighted by molar-refractivity contribution is 0.228. The lowest BCUT2D eigenvalue weighted by Gasteiger charge is -2.28. The van der Waals surface area contributed by atoms with Crippen LogP contribution in [0, 0.1) is 5.92 Å². The van der Waals surface area contributed by atoms with E-state index in [1.54, 1.807) is 6.92 Å². The molecule has 15 heavy (non-hydrogen) atoms. The van der Waals surface area contributed by atoms with Gasteiger partial charge in [0.15, 0.2) is 0 Å². The molecule has 2 unspecified atom stereocenters. The molecule has 0 aliphatic carbocycles. The lowest BCUT2D eigenvalue weighted by Crippen LogP contribution is -2.45. The van der Waals surface area contributed by atoms with Crippen LogP contribution < -0.4 is 10.0 Å². The van der Waals surface area contributed by atoms with Gasteiger partial charge in [-0.15, -0.1) is 0 Å². The Bertz CT molecular complexity index is 289. The summed E-state index contributed by atoms with van der Waals surface area (Å²) in [6.45, 7) is 3.20. The molecule has 2 N–H and O–H groups in total. The minimum atomic E-state index is -4.46. The second kappa shape index (κ2) is 5.18. The summed E-state index contributed by atoms with van der Waals surface area (Å²) in [6, 6.07) is -0.447. The summed E-state index contributed by atoms with van der Waals surface area (Å²) < 4.78 is 48.0. The van der Waals surface area contributed by atoms with Gasteiger partial charge >= 0.3 is 5.76 Å². The Hall–Kier alpha value is -0.270. The average Bonchev–Trinajstić information content (AvgIpc) is 2.18.